The highest BCUT2D eigenvalue weighted by Crippen LogP contribution is 2.37. The summed E-state index contributed by atoms with van der Waals surface area (Å²) in [5.74, 6) is 0.651. The van der Waals surface area contributed by atoms with E-state index in [1.54, 1.807) is 30.5 Å². The van der Waals surface area contributed by atoms with Gasteiger partial charge >= 0.3 is 5.69 Å². The van der Waals surface area contributed by atoms with Crippen LogP contribution in [-0.4, -0.2) is 32.1 Å². The van der Waals surface area contributed by atoms with Crippen LogP contribution in [0.1, 0.15) is 57.7 Å². The zero-order chi connectivity index (χ0) is 26.4. The third-order valence-electron chi connectivity index (χ3n) is 7.24. The summed E-state index contributed by atoms with van der Waals surface area (Å²) < 4.78 is 16.4. The number of benzene rings is 1. The number of hydrogen-bond acceptors (Lipinski definition) is 5. The maximum atomic E-state index is 14.9. The average Bonchev–Trinajstić information content (AvgIpc) is 2.86. The smallest absolute Gasteiger partial charge is 0.353 e. The lowest BCUT2D eigenvalue weighted by Crippen LogP contribution is -2.43. The monoisotopic (exact) mass is 519 g/mol. The van der Waals surface area contributed by atoms with Crippen molar-refractivity contribution in [2.24, 2.45) is 5.92 Å². The largest absolute Gasteiger partial charge is 0.355 e. The van der Waals surface area contributed by atoms with Gasteiger partial charge in [-0.3, -0.25) is 4.98 Å². The number of halogens is 2. The normalized spacial score (nSPS) is 18.1. The van der Waals surface area contributed by atoms with E-state index in [9.17, 15) is 9.18 Å². The number of rotatable bonds is 4. The quantitative estimate of drug-likeness (QED) is 0.300. The van der Waals surface area contributed by atoms with E-state index in [4.69, 9.17) is 16.6 Å². The summed E-state index contributed by atoms with van der Waals surface area (Å²) in [4.78, 5) is 30.1. The van der Waals surface area contributed by atoms with E-state index >= 15 is 0 Å². The molecule has 1 aliphatic heterocycles. The van der Waals surface area contributed by atoms with Crippen LogP contribution in [0, 0.1) is 18.7 Å². The first-order valence-corrected chi connectivity index (χ1v) is 13.2. The molecule has 6 nitrogen and oxygen atoms in total. The van der Waals surface area contributed by atoms with Crippen LogP contribution < -0.4 is 10.6 Å². The van der Waals surface area contributed by atoms with Gasteiger partial charge in [0.05, 0.1) is 27.5 Å². The number of nitrogens with zero attached hydrogens (tertiary/aromatic N) is 5. The molecule has 4 aromatic rings. The van der Waals surface area contributed by atoms with Gasteiger partial charge in [0.1, 0.15) is 11.6 Å². The van der Waals surface area contributed by atoms with Crippen LogP contribution in [0.15, 0.2) is 47.4 Å². The Balaban J connectivity index is 1.90. The summed E-state index contributed by atoms with van der Waals surface area (Å²) in [6, 6.07) is 10.2. The Hall–Kier alpha value is -3.32. The van der Waals surface area contributed by atoms with Gasteiger partial charge in [0.25, 0.3) is 0 Å². The number of hydrogen-bond donors (Lipinski definition) is 0. The van der Waals surface area contributed by atoms with Gasteiger partial charge in [-0.1, -0.05) is 44.5 Å². The van der Waals surface area contributed by atoms with Crippen LogP contribution in [0.5, 0.6) is 0 Å². The zero-order valence-electron chi connectivity index (χ0n) is 21.8. The molecule has 0 aliphatic carbocycles. The molecule has 0 bridgehead atoms. The fraction of sp³-hybridized carbons (Fsp3) is 0.379. The third-order valence-corrected chi connectivity index (χ3v) is 7.53. The van der Waals surface area contributed by atoms with E-state index in [-0.39, 0.29) is 23.2 Å². The Labute approximate surface area is 221 Å². The molecule has 1 aromatic carbocycles. The molecule has 3 aromatic heterocycles. The second kappa shape index (κ2) is 9.86. The average molecular weight is 520 g/mol. The van der Waals surface area contributed by atoms with Crippen molar-refractivity contribution in [2.75, 3.05) is 11.4 Å². The maximum Gasteiger partial charge on any atom is 0.355 e. The van der Waals surface area contributed by atoms with E-state index in [1.165, 1.54) is 10.6 Å². The first-order chi connectivity index (χ1) is 17.7. The number of fused-ring (bicyclic) bond motifs is 1. The first kappa shape index (κ1) is 25.3. The molecule has 37 heavy (non-hydrogen) atoms. The molecular weight excluding hydrogens is 489 g/mol. The molecule has 8 heteroatoms. The molecule has 1 aliphatic rings. The summed E-state index contributed by atoms with van der Waals surface area (Å²) in [5.41, 5.74) is 2.80. The Bertz CT molecular complexity index is 1550. The molecular formula is C29H31ClFN5O. The molecule has 0 spiro atoms. The van der Waals surface area contributed by atoms with Crippen LogP contribution in [0.3, 0.4) is 0 Å². The highest BCUT2D eigenvalue weighted by Gasteiger charge is 2.29. The highest BCUT2D eigenvalue weighted by atomic mass is 35.5. The lowest BCUT2D eigenvalue weighted by Gasteiger charge is -2.38. The molecule has 1 saturated heterocycles. The SMILES string of the molecule is Cc1ccnc(C(C)C)c1-n1c(=O)nc(N2C[C@@H](C)CC[C@@H]2C)c2cc(Cl)c(-c3ccccc3F)nc21. The molecule has 5 rings (SSSR count). The predicted molar refractivity (Wildman–Crippen MR) is 147 cm³/mol. The Morgan fingerprint density at radius 3 is 2.59 bits per heavy atom. The Morgan fingerprint density at radius 1 is 1.11 bits per heavy atom. The number of pyridine rings is 2. The van der Waals surface area contributed by atoms with Crippen molar-refractivity contribution < 1.29 is 4.39 Å². The predicted octanol–water partition coefficient (Wildman–Crippen LogP) is 6.69. The van der Waals surface area contributed by atoms with E-state index < -0.39 is 11.5 Å². The summed E-state index contributed by atoms with van der Waals surface area (Å²) in [6.07, 6.45) is 3.87. The fourth-order valence-electron chi connectivity index (χ4n) is 5.24. The number of piperidine rings is 1. The highest BCUT2D eigenvalue weighted by molar-refractivity contribution is 6.33. The number of aryl methyl sites for hydroxylation is 1. The molecule has 2 atom stereocenters. The lowest BCUT2D eigenvalue weighted by atomic mass is 9.95. The minimum absolute atomic E-state index is 0.0535. The van der Waals surface area contributed by atoms with E-state index in [2.05, 4.69) is 28.7 Å². The Morgan fingerprint density at radius 2 is 1.86 bits per heavy atom. The zero-order valence-corrected chi connectivity index (χ0v) is 22.6. The fourth-order valence-corrected chi connectivity index (χ4v) is 5.49. The van der Waals surface area contributed by atoms with Gasteiger partial charge < -0.3 is 4.90 Å². The standard InChI is InChI=1S/C29H31ClFN5O/c1-16(2)24-26(18(4)12-13-32-24)36-28-21(14-22(30)25(33-28)20-8-6-7-9-23(20)31)27(34-29(36)37)35-15-17(3)10-11-19(35)5/h6-9,12-14,16-17,19H,10-11,15H2,1-5H3/t17-,19-/m0/s1. The molecule has 0 unspecified atom stereocenters. The van der Waals surface area contributed by atoms with Gasteiger partial charge in [0, 0.05) is 24.3 Å². The summed E-state index contributed by atoms with van der Waals surface area (Å²) >= 11 is 6.76. The van der Waals surface area contributed by atoms with Crippen molar-refractivity contribution in [1.82, 2.24) is 19.5 Å². The van der Waals surface area contributed by atoms with Crippen LogP contribution in [0.4, 0.5) is 10.2 Å². The second-order valence-electron chi connectivity index (χ2n) is 10.4. The summed E-state index contributed by atoms with van der Waals surface area (Å²) in [6.45, 7) is 11.1. The molecule has 0 amide bonds. The van der Waals surface area contributed by atoms with E-state index in [0.29, 0.717) is 33.5 Å². The molecule has 4 heterocycles. The number of aromatic nitrogens is 4. The van der Waals surface area contributed by atoms with Gasteiger partial charge in [-0.25, -0.2) is 18.7 Å². The van der Waals surface area contributed by atoms with Crippen LogP contribution in [-0.2, 0) is 0 Å². The van der Waals surface area contributed by atoms with Crippen molar-refractivity contribution >= 4 is 28.5 Å². The number of anilines is 1. The van der Waals surface area contributed by atoms with Gasteiger partial charge in [0.2, 0.25) is 0 Å². The molecule has 0 radical (unpaired) electrons. The minimum Gasteiger partial charge on any atom is -0.353 e. The van der Waals surface area contributed by atoms with Crippen molar-refractivity contribution in [3.8, 4) is 16.9 Å². The van der Waals surface area contributed by atoms with Gasteiger partial charge in [-0.2, -0.15) is 4.98 Å². The van der Waals surface area contributed by atoms with Gasteiger partial charge in [-0.05, 0) is 68.4 Å². The summed E-state index contributed by atoms with van der Waals surface area (Å²) in [5, 5.41) is 0.958. The van der Waals surface area contributed by atoms with Crippen molar-refractivity contribution in [2.45, 2.75) is 59.4 Å². The van der Waals surface area contributed by atoms with Crippen LogP contribution >= 0.6 is 11.6 Å². The van der Waals surface area contributed by atoms with Crippen LogP contribution in [0.25, 0.3) is 28.0 Å². The molecule has 0 saturated carbocycles. The molecule has 1 fully saturated rings. The van der Waals surface area contributed by atoms with E-state index in [1.807, 2.05) is 26.8 Å². The van der Waals surface area contributed by atoms with E-state index in [0.717, 1.165) is 30.6 Å². The van der Waals surface area contributed by atoms with Gasteiger partial charge in [-0.15, -0.1) is 0 Å². The second-order valence-corrected chi connectivity index (χ2v) is 10.8. The molecule has 192 valence electrons. The van der Waals surface area contributed by atoms with Gasteiger partial charge in [0.15, 0.2) is 5.65 Å². The molecule has 0 N–H and O–H groups in total. The Kier molecular flexibility index (Phi) is 6.75. The first-order valence-electron chi connectivity index (χ1n) is 12.8. The minimum atomic E-state index is -0.444. The summed E-state index contributed by atoms with van der Waals surface area (Å²) in [7, 11) is 0. The topological polar surface area (TPSA) is 63.9 Å². The van der Waals surface area contributed by atoms with Crippen LogP contribution in [0.2, 0.25) is 5.02 Å². The van der Waals surface area contributed by atoms with Crippen molar-refractivity contribution in [3.63, 3.8) is 0 Å². The lowest BCUT2D eigenvalue weighted by molar-refractivity contribution is 0.388. The maximum absolute atomic E-state index is 14.9. The van der Waals surface area contributed by atoms with Crippen molar-refractivity contribution in [1.29, 1.82) is 0 Å². The van der Waals surface area contributed by atoms with Crippen molar-refractivity contribution in [3.05, 3.63) is 75.2 Å². The third kappa shape index (κ3) is 4.50.